The van der Waals surface area contributed by atoms with E-state index in [1.807, 2.05) is 12.5 Å². The van der Waals surface area contributed by atoms with Crippen LogP contribution in [0.2, 0.25) is 0 Å². The first kappa shape index (κ1) is 10.3. The summed E-state index contributed by atoms with van der Waals surface area (Å²) in [6, 6.07) is 1.48. The first-order chi connectivity index (χ1) is 7.88. The third-order valence-corrected chi connectivity index (χ3v) is 3.73. The van der Waals surface area contributed by atoms with E-state index in [0.717, 1.165) is 38.3 Å². The minimum Gasteiger partial charge on any atom is -0.330 e. The summed E-state index contributed by atoms with van der Waals surface area (Å²) in [5, 5.41) is 3.34. The van der Waals surface area contributed by atoms with Crippen molar-refractivity contribution in [3.8, 4) is 0 Å². The normalized spacial score (nSPS) is 21.4. The molecule has 88 valence electrons. The van der Waals surface area contributed by atoms with Crippen LogP contribution in [-0.2, 0) is 6.54 Å². The van der Waals surface area contributed by atoms with Crippen LogP contribution in [0.25, 0.3) is 0 Å². The van der Waals surface area contributed by atoms with Crippen molar-refractivity contribution in [3.63, 3.8) is 0 Å². The summed E-state index contributed by atoms with van der Waals surface area (Å²) in [5.41, 5.74) is 1.39. The third-order valence-electron chi connectivity index (χ3n) is 3.73. The van der Waals surface area contributed by atoms with Crippen LogP contribution < -0.4 is 5.32 Å². The summed E-state index contributed by atoms with van der Waals surface area (Å²) in [6.45, 7) is 6.72. The number of nitrogens with one attached hydrogen (secondary N) is 1. The monoisotopic (exact) mass is 220 g/mol. The van der Waals surface area contributed by atoms with Gasteiger partial charge in [0.05, 0.1) is 12.0 Å². The Morgan fingerprint density at radius 1 is 1.50 bits per heavy atom. The number of rotatable bonds is 5. The van der Waals surface area contributed by atoms with Gasteiger partial charge in [-0.05, 0) is 19.4 Å². The first-order valence-corrected chi connectivity index (χ1v) is 6.34. The zero-order chi connectivity index (χ0) is 11.0. The van der Waals surface area contributed by atoms with Gasteiger partial charge in [0.25, 0.3) is 0 Å². The summed E-state index contributed by atoms with van der Waals surface area (Å²) in [5.74, 6) is 0. The molecule has 1 aromatic heterocycles. The van der Waals surface area contributed by atoms with E-state index in [-0.39, 0.29) is 0 Å². The van der Waals surface area contributed by atoms with Crippen molar-refractivity contribution in [1.29, 1.82) is 0 Å². The second-order valence-electron chi connectivity index (χ2n) is 4.90. The average Bonchev–Trinajstić information content (AvgIpc) is 2.96. The lowest BCUT2D eigenvalue weighted by molar-refractivity contribution is 0.142. The molecule has 1 aromatic rings. The molecule has 0 atom stereocenters. The van der Waals surface area contributed by atoms with Gasteiger partial charge in [-0.25, -0.2) is 4.98 Å². The highest BCUT2D eigenvalue weighted by Gasteiger charge is 2.28. The predicted molar refractivity (Wildman–Crippen MR) is 63.2 cm³/mol. The molecular formula is C12H20N4. The smallest absolute Gasteiger partial charge is 0.0951 e. The quantitative estimate of drug-likeness (QED) is 0.804. The molecule has 16 heavy (non-hydrogen) atoms. The van der Waals surface area contributed by atoms with Crippen LogP contribution in [0.4, 0.5) is 0 Å². The highest BCUT2D eigenvalue weighted by Crippen LogP contribution is 2.35. The van der Waals surface area contributed by atoms with Crippen LogP contribution in [0.15, 0.2) is 12.5 Å². The lowest BCUT2D eigenvalue weighted by Crippen LogP contribution is -2.56. The molecule has 0 amide bonds. The van der Waals surface area contributed by atoms with Crippen molar-refractivity contribution in [1.82, 2.24) is 19.8 Å². The molecule has 3 rings (SSSR count). The van der Waals surface area contributed by atoms with Crippen LogP contribution in [0.5, 0.6) is 0 Å². The van der Waals surface area contributed by atoms with Crippen molar-refractivity contribution in [2.45, 2.75) is 38.4 Å². The summed E-state index contributed by atoms with van der Waals surface area (Å²) in [6.07, 6.45) is 6.70. The summed E-state index contributed by atoms with van der Waals surface area (Å²) >= 11 is 0. The highest BCUT2D eigenvalue weighted by atomic mass is 15.2. The van der Waals surface area contributed by atoms with Crippen LogP contribution in [0.3, 0.4) is 0 Å². The van der Waals surface area contributed by atoms with Crippen LogP contribution >= 0.6 is 0 Å². The Balaban J connectivity index is 1.68. The van der Waals surface area contributed by atoms with E-state index in [9.17, 15) is 0 Å². The molecule has 2 fully saturated rings. The van der Waals surface area contributed by atoms with E-state index in [1.165, 1.54) is 18.5 Å². The minimum absolute atomic E-state index is 0.729. The molecule has 1 N–H and O–H groups in total. The van der Waals surface area contributed by atoms with Gasteiger partial charge in [-0.15, -0.1) is 0 Å². The fraction of sp³-hybridized carbons (Fsp3) is 0.750. The van der Waals surface area contributed by atoms with Crippen molar-refractivity contribution in [2.75, 3.05) is 19.6 Å². The molecular weight excluding hydrogens is 200 g/mol. The van der Waals surface area contributed by atoms with E-state index in [4.69, 9.17) is 0 Å². The second kappa shape index (κ2) is 4.18. The van der Waals surface area contributed by atoms with E-state index in [0.29, 0.717) is 0 Å². The van der Waals surface area contributed by atoms with Gasteiger partial charge in [0, 0.05) is 37.9 Å². The summed E-state index contributed by atoms with van der Waals surface area (Å²) in [7, 11) is 0. The predicted octanol–water partition coefficient (Wildman–Crippen LogP) is 1.01. The van der Waals surface area contributed by atoms with E-state index >= 15 is 0 Å². The Morgan fingerprint density at radius 2 is 2.31 bits per heavy atom. The molecule has 0 radical (unpaired) electrons. The van der Waals surface area contributed by atoms with E-state index < -0.39 is 0 Å². The summed E-state index contributed by atoms with van der Waals surface area (Å²) in [4.78, 5) is 6.84. The fourth-order valence-corrected chi connectivity index (χ4v) is 2.37. The number of nitrogens with zero attached hydrogens (tertiary/aromatic N) is 3. The molecule has 0 spiro atoms. The van der Waals surface area contributed by atoms with Crippen molar-refractivity contribution in [3.05, 3.63) is 18.2 Å². The maximum absolute atomic E-state index is 4.29. The molecule has 1 saturated carbocycles. The maximum Gasteiger partial charge on any atom is 0.0951 e. The Hall–Kier alpha value is -0.870. The standard InChI is InChI=1S/C12H20N4/c1-2-15(11-5-13-6-11)8-12-7-14-9-16(12)10-3-4-10/h7,9-11,13H,2-6,8H2,1H3. The van der Waals surface area contributed by atoms with E-state index in [1.54, 1.807) is 0 Å². The van der Waals surface area contributed by atoms with Crippen LogP contribution in [0.1, 0.15) is 31.5 Å². The van der Waals surface area contributed by atoms with Gasteiger partial charge >= 0.3 is 0 Å². The molecule has 2 aliphatic rings. The molecule has 2 heterocycles. The van der Waals surface area contributed by atoms with Crippen LogP contribution in [-0.4, -0.2) is 40.1 Å². The van der Waals surface area contributed by atoms with Gasteiger partial charge in [-0.2, -0.15) is 0 Å². The molecule has 4 heteroatoms. The van der Waals surface area contributed by atoms with Crippen LogP contribution in [0, 0.1) is 0 Å². The van der Waals surface area contributed by atoms with Gasteiger partial charge in [-0.1, -0.05) is 6.92 Å². The molecule has 1 aliphatic heterocycles. The molecule has 1 saturated heterocycles. The molecule has 0 bridgehead atoms. The molecule has 4 nitrogen and oxygen atoms in total. The lowest BCUT2D eigenvalue weighted by atomic mass is 10.1. The maximum atomic E-state index is 4.29. The van der Waals surface area contributed by atoms with E-state index in [2.05, 4.69) is 26.7 Å². The highest BCUT2D eigenvalue weighted by molar-refractivity contribution is 5.04. The topological polar surface area (TPSA) is 33.1 Å². The Morgan fingerprint density at radius 3 is 2.88 bits per heavy atom. The lowest BCUT2D eigenvalue weighted by Gasteiger charge is -2.37. The number of likely N-dealkylation sites (N-methyl/N-ethyl adjacent to an activating group) is 1. The molecule has 0 unspecified atom stereocenters. The molecule has 0 aromatic carbocycles. The minimum atomic E-state index is 0.729. The van der Waals surface area contributed by atoms with Gasteiger partial charge in [0.1, 0.15) is 0 Å². The third kappa shape index (κ3) is 1.87. The number of aromatic nitrogens is 2. The number of hydrogen-bond donors (Lipinski definition) is 1. The Bertz CT molecular complexity index is 352. The zero-order valence-corrected chi connectivity index (χ0v) is 9.89. The van der Waals surface area contributed by atoms with Crippen molar-refractivity contribution >= 4 is 0 Å². The largest absolute Gasteiger partial charge is 0.330 e. The van der Waals surface area contributed by atoms with Gasteiger partial charge in [0.15, 0.2) is 0 Å². The van der Waals surface area contributed by atoms with Gasteiger partial charge in [0.2, 0.25) is 0 Å². The van der Waals surface area contributed by atoms with Gasteiger partial charge < -0.3 is 9.88 Å². The van der Waals surface area contributed by atoms with Crippen molar-refractivity contribution in [2.24, 2.45) is 0 Å². The first-order valence-electron chi connectivity index (χ1n) is 6.34. The average molecular weight is 220 g/mol. The fourth-order valence-electron chi connectivity index (χ4n) is 2.37. The van der Waals surface area contributed by atoms with Crippen molar-refractivity contribution < 1.29 is 0 Å². The summed E-state index contributed by atoms with van der Waals surface area (Å²) < 4.78 is 2.37. The SMILES string of the molecule is CCN(Cc1cncn1C1CC1)C1CNC1. The zero-order valence-electron chi connectivity index (χ0n) is 9.89. The number of hydrogen-bond acceptors (Lipinski definition) is 3. The second-order valence-corrected chi connectivity index (χ2v) is 4.90. The Kier molecular flexibility index (Phi) is 2.69. The van der Waals surface area contributed by atoms with Gasteiger partial charge in [-0.3, -0.25) is 4.90 Å². The molecule has 1 aliphatic carbocycles. The number of imidazole rings is 1. The Labute approximate surface area is 96.7 Å².